The summed E-state index contributed by atoms with van der Waals surface area (Å²) in [6.45, 7) is 0. The minimum Gasteiger partial charge on any atom is -0.490 e. The lowest BCUT2D eigenvalue weighted by Gasteiger charge is -2.33. The highest BCUT2D eigenvalue weighted by molar-refractivity contribution is 7.80. The highest BCUT2D eigenvalue weighted by atomic mass is 32.1. The van der Waals surface area contributed by atoms with Crippen molar-refractivity contribution in [3.8, 4) is 0 Å². The van der Waals surface area contributed by atoms with E-state index in [-0.39, 0.29) is 11.0 Å². The van der Waals surface area contributed by atoms with E-state index < -0.39 is 5.79 Å². The van der Waals surface area contributed by atoms with Gasteiger partial charge < -0.3 is 18.9 Å². The Kier molecular flexibility index (Phi) is 7.17. The molecule has 6 heteroatoms. The third kappa shape index (κ3) is 4.20. The van der Waals surface area contributed by atoms with Crippen LogP contribution in [0.1, 0.15) is 17.9 Å². The van der Waals surface area contributed by atoms with Gasteiger partial charge in [-0.25, -0.2) is 0 Å². The molecule has 0 aliphatic rings. The highest BCUT2D eigenvalue weighted by Gasteiger charge is 2.41. The fourth-order valence-corrected chi connectivity index (χ4v) is 2.56. The van der Waals surface area contributed by atoms with Crippen molar-refractivity contribution in [3.05, 3.63) is 35.9 Å². The summed E-state index contributed by atoms with van der Waals surface area (Å²) in [4.78, 5) is 0. The first-order valence-electron chi connectivity index (χ1n) is 6.36. The molecule has 0 radical (unpaired) electrons. The van der Waals surface area contributed by atoms with Crippen LogP contribution in [0.15, 0.2) is 30.3 Å². The van der Waals surface area contributed by atoms with Gasteiger partial charge in [-0.1, -0.05) is 30.3 Å². The standard InChI is InChI=1S/C15H20O4S2/c1-16-13(20)12(11-8-6-5-7-9-11)10-15(18-3,19-4)14(21)17-2/h5-9,12H,10H2,1-4H3. The Labute approximate surface area is 136 Å². The van der Waals surface area contributed by atoms with Crippen molar-refractivity contribution in [3.63, 3.8) is 0 Å². The molecule has 0 aliphatic heterocycles. The van der Waals surface area contributed by atoms with Gasteiger partial charge in [-0.15, -0.1) is 0 Å². The van der Waals surface area contributed by atoms with Gasteiger partial charge in [-0.2, -0.15) is 0 Å². The van der Waals surface area contributed by atoms with Gasteiger partial charge in [0.1, 0.15) is 0 Å². The fourth-order valence-electron chi connectivity index (χ4n) is 2.09. The number of rotatable bonds is 7. The topological polar surface area (TPSA) is 36.9 Å². The highest BCUT2D eigenvalue weighted by Crippen LogP contribution is 2.32. The maximum Gasteiger partial charge on any atom is 0.239 e. The molecule has 4 nitrogen and oxygen atoms in total. The van der Waals surface area contributed by atoms with Crippen molar-refractivity contribution < 1.29 is 18.9 Å². The molecule has 0 aromatic heterocycles. The molecule has 0 N–H and O–H groups in total. The summed E-state index contributed by atoms with van der Waals surface area (Å²) in [6, 6.07) is 9.77. The van der Waals surface area contributed by atoms with Crippen LogP contribution >= 0.6 is 24.4 Å². The molecule has 0 saturated heterocycles. The minimum absolute atomic E-state index is 0.209. The summed E-state index contributed by atoms with van der Waals surface area (Å²) in [7, 11) is 6.08. The van der Waals surface area contributed by atoms with E-state index in [2.05, 4.69) is 0 Å². The number of benzene rings is 1. The predicted molar refractivity (Wildman–Crippen MR) is 89.8 cm³/mol. The molecule has 1 atom stereocenters. The summed E-state index contributed by atoms with van der Waals surface area (Å²) in [5.41, 5.74) is 1.00. The molecule has 0 spiro atoms. The lowest BCUT2D eigenvalue weighted by molar-refractivity contribution is -0.166. The van der Waals surface area contributed by atoms with Gasteiger partial charge in [-0.05, 0) is 30.0 Å². The Balaban J connectivity index is 3.15. The molecule has 1 aromatic rings. The molecular formula is C15H20O4S2. The van der Waals surface area contributed by atoms with Gasteiger partial charge in [0.25, 0.3) is 0 Å². The average molecular weight is 328 g/mol. The van der Waals surface area contributed by atoms with Crippen LogP contribution in [0, 0.1) is 0 Å². The van der Waals surface area contributed by atoms with E-state index in [0.29, 0.717) is 11.5 Å². The first-order valence-corrected chi connectivity index (χ1v) is 7.17. The van der Waals surface area contributed by atoms with E-state index in [4.69, 9.17) is 43.4 Å². The fraction of sp³-hybridized carbons (Fsp3) is 0.467. The van der Waals surface area contributed by atoms with Crippen LogP contribution in [0.25, 0.3) is 0 Å². The maximum absolute atomic E-state index is 5.48. The average Bonchev–Trinajstić information content (AvgIpc) is 2.56. The normalized spacial score (nSPS) is 12.6. The lowest BCUT2D eigenvalue weighted by atomic mass is 9.92. The Morgan fingerprint density at radius 2 is 1.57 bits per heavy atom. The van der Waals surface area contributed by atoms with Gasteiger partial charge in [0.15, 0.2) is 5.05 Å². The molecule has 0 heterocycles. The molecule has 0 aliphatic carbocycles. The summed E-state index contributed by atoms with van der Waals surface area (Å²) in [5, 5.41) is 0.658. The van der Waals surface area contributed by atoms with Crippen LogP contribution in [0.2, 0.25) is 0 Å². The van der Waals surface area contributed by atoms with Gasteiger partial charge in [0, 0.05) is 20.6 Å². The first-order chi connectivity index (χ1) is 10.0. The SMILES string of the molecule is COC(=S)C(CC(OC)(OC)C(=S)OC)c1ccccc1. The first kappa shape index (κ1) is 18.0. The van der Waals surface area contributed by atoms with Gasteiger partial charge >= 0.3 is 0 Å². The second-order valence-electron chi connectivity index (χ2n) is 4.34. The van der Waals surface area contributed by atoms with Crippen LogP contribution in [0.4, 0.5) is 0 Å². The molecule has 0 bridgehead atoms. The molecular weight excluding hydrogens is 308 g/mol. The summed E-state index contributed by atoms with van der Waals surface area (Å²) < 4.78 is 21.4. The van der Waals surface area contributed by atoms with E-state index in [1.165, 1.54) is 21.3 Å². The summed E-state index contributed by atoms with van der Waals surface area (Å²) in [5.74, 6) is -1.37. The Morgan fingerprint density at radius 3 is 2.00 bits per heavy atom. The van der Waals surface area contributed by atoms with Gasteiger partial charge in [0.05, 0.1) is 20.1 Å². The molecule has 21 heavy (non-hydrogen) atoms. The quantitative estimate of drug-likeness (QED) is 0.565. The molecule has 0 amide bonds. The number of hydrogen-bond donors (Lipinski definition) is 0. The molecule has 1 unspecified atom stereocenters. The van der Waals surface area contributed by atoms with Crippen molar-refractivity contribution in [2.45, 2.75) is 18.1 Å². The Morgan fingerprint density at radius 1 is 1.00 bits per heavy atom. The monoisotopic (exact) mass is 328 g/mol. The second kappa shape index (κ2) is 8.38. The summed E-state index contributed by atoms with van der Waals surface area (Å²) in [6.07, 6.45) is 0.364. The van der Waals surface area contributed by atoms with Crippen molar-refractivity contribution in [1.29, 1.82) is 0 Å². The predicted octanol–water partition coefficient (Wildman–Crippen LogP) is 3.10. The van der Waals surface area contributed by atoms with Crippen LogP contribution in [-0.4, -0.2) is 44.3 Å². The van der Waals surface area contributed by atoms with Crippen LogP contribution in [-0.2, 0) is 18.9 Å². The maximum atomic E-state index is 5.48. The molecule has 0 fully saturated rings. The summed E-state index contributed by atoms with van der Waals surface area (Å²) >= 11 is 10.5. The van der Waals surface area contributed by atoms with Crippen LogP contribution < -0.4 is 0 Å². The lowest BCUT2D eigenvalue weighted by Crippen LogP contribution is -2.44. The molecule has 1 aromatic carbocycles. The largest absolute Gasteiger partial charge is 0.490 e. The zero-order chi connectivity index (χ0) is 15.9. The van der Waals surface area contributed by atoms with Gasteiger partial charge in [0.2, 0.25) is 10.8 Å². The van der Waals surface area contributed by atoms with Crippen LogP contribution in [0.5, 0.6) is 0 Å². The number of thiocarbonyl (C=S) groups is 2. The third-order valence-electron chi connectivity index (χ3n) is 3.32. The van der Waals surface area contributed by atoms with Crippen molar-refractivity contribution >= 4 is 34.5 Å². The van der Waals surface area contributed by atoms with Gasteiger partial charge in [-0.3, -0.25) is 0 Å². The van der Waals surface area contributed by atoms with E-state index in [0.717, 1.165) is 5.56 Å². The zero-order valence-corrected chi connectivity index (χ0v) is 14.3. The number of ether oxygens (including phenoxy) is 4. The Hall–Kier alpha value is -1.08. The number of methoxy groups -OCH3 is 4. The van der Waals surface area contributed by atoms with Crippen molar-refractivity contribution in [1.82, 2.24) is 0 Å². The van der Waals surface area contributed by atoms with E-state index in [9.17, 15) is 0 Å². The van der Waals surface area contributed by atoms with Crippen LogP contribution in [0.3, 0.4) is 0 Å². The second-order valence-corrected chi connectivity index (χ2v) is 5.12. The molecule has 116 valence electrons. The third-order valence-corrected chi connectivity index (χ3v) is 4.25. The van der Waals surface area contributed by atoms with E-state index >= 15 is 0 Å². The van der Waals surface area contributed by atoms with E-state index in [1.807, 2.05) is 30.3 Å². The Bertz CT molecular complexity index is 472. The van der Waals surface area contributed by atoms with E-state index in [1.54, 1.807) is 7.11 Å². The smallest absolute Gasteiger partial charge is 0.239 e. The zero-order valence-electron chi connectivity index (χ0n) is 12.6. The number of hydrogen-bond acceptors (Lipinski definition) is 6. The molecule has 1 rings (SSSR count). The molecule has 0 saturated carbocycles. The van der Waals surface area contributed by atoms with Crippen molar-refractivity contribution in [2.24, 2.45) is 0 Å². The van der Waals surface area contributed by atoms with Crippen molar-refractivity contribution in [2.75, 3.05) is 28.4 Å². The minimum atomic E-state index is -1.16.